The lowest BCUT2D eigenvalue weighted by Crippen LogP contribution is -2.47. The van der Waals surface area contributed by atoms with Crippen molar-refractivity contribution in [2.24, 2.45) is 17.6 Å². The second-order valence-corrected chi connectivity index (χ2v) is 4.44. The van der Waals surface area contributed by atoms with Crippen molar-refractivity contribution in [3.63, 3.8) is 0 Å². The van der Waals surface area contributed by atoms with Gasteiger partial charge >= 0.3 is 0 Å². The largest absolute Gasteiger partial charge is 0.346 e. The fourth-order valence-electron chi connectivity index (χ4n) is 2.17. The van der Waals surface area contributed by atoms with Crippen molar-refractivity contribution < 1.29 is 4.79 Å². The van der Waals surface area contributed by atoms with E-state index in [-0.39, 0.29) is 17.9 Å². The summed E-state index contributed by atoms with van der Waals surface area (Å²) in [4.78, 5) is 13.7. The summed E-state index contributed by atoms with van der Waals surface area (Å²) in [6.45, 7) is 4.92. The predicted octanol–water partition coefficient (Wildman–Crippen LogP) is 1.23. The van der Waals surface area contributed by atoms with Crippen molar-refractivity contribution in [3.8, 4) is 0 Å². The van der Waals surface area contributed by atoms with Crippen LogP contribution in [0.2, 0.25) is 0 Å². The van der Waals surface area contributed by atoms with Crippen LogP contribution in [-0.4, -0.2) is 30.4 Å². The van der Waals surface area contributed by atoms with Crippen LogP contribution >= 0.6 is 0 Å². The summed E-state index contributed by atoms with van der Waals surface area (Å²) < 4.78 is 0. The predicted molar refractivity (Wildman–Crippen MR) is 57.8 cm³/mol. The van der Waals surface area contributed by atoms with Crippen LogP contribution in [0.25, 0.3) is 0 Å². The van der Waals surface area contributed by atoms with Crippen LogP contribution < -0.4 is 5.73 Å². The third kappa shape index (κ3) is 2.27. The second-order valence-electron chi connectivity index (χ2n) is 4.44. The third-order valence-electron chi connectivity index (χ3n) is 3.46. The van der Waals surface area contributed by atoms with E-state index in [9.17, 15) is 4.79 Å². The molecule has 0 aromatic rings. The van der Waals surface area contributed by atoms with Gasteiger partial charge in [0, 0.05) is 19.6 Å². The molecular weight excluding hydrogens is 176 g/mol. The smallest absolute Gasteiger partial charge is 0.226 e. The molecule has 0 aromatic heterocycles. The van der Waals surface area contributed by atoms with Crippen molar-refractivity contribution in [2.75, 3.05) is 13.6 Å². The van der Waals surface area contributed by atoms with Crippen molar-refractivity contribution in [2.45, 2.75) is 39.2 Å². The first-order chi connectivity index (χ1) is 6.57. The first-order valence-electron chi connectivity index (χ1n) is 5.58. The van der Waals surface area contributed by atoms with Crippen LogP contribution in [0.4, 0.5) is 0 Å². The fraction of sp³-hybridized carbons (Fsp3) is 0.909. The number of rotatable bonds is 2. The molecule has 82 valence electrons. The summed E-state index contributed by atoms with van der Waals surface area (Å²) in [5.41, 5.74) is 6.07. The standard InChI is InChI=1S/C11H22N2O/c1-4-13(3)11(14)9-7-5-6-8(2)10(9)12/h8-10H,4-7,12H2,1-3H3. The maximum Gasteiger partial charge on any atom is 0.226 e. The molecule has 0 spiro atoms. The molecule has 3 nitrogen and oxygen atoms in total. The molecule has 0 aromatic carbocycles. The Morgan fingerprint density at radius 2 is 2.14 bits per heavy atom. The number of nitrogens with two attached hydrogens (primary N) is 1. The molecule has 1 saturated carbocycles. The van der Waals surface area contributed by atoms with Gasteiger partial charge in [-0.15, -0.1) is 0 Å². The molecule has 3 heteroatoms. The number of amides is 1. The third-order valence-corrected chi connectivity index (χ3v) is 3.46. The van der Waals surface area contributed by atoms with Crippen LogP contribution in [0.15, 0.2) is 0 Å². The summed E-state index contributed by atoms with van der Waals surface area (Å²) in [6, 6.07) is 0.0604. The van der Waals surface area contributed by atoms with Gasteiger partial charge in [0.15, 0.2) is 0 Å². The normalized spacial score (nSPS) is 32.7. The molecule has 0 radical (unpaired) electrons. The van der Waals surface area contributed by atoms with Crippen molar-refractivity contribution in [1.29, 1.82) is 0 Å². The Balaban J connectivity index is 2.62. The zero-order chi connectivity index (χ0) is 10.7. The molecule has 1 rings (SSSR count). The SMILES string of the molecule is CCN(C)C(=O)C1CCCC(C)C1N. The lowest BCUT2D eigenvalue weighted by atomic mass is 9.77. The Kier molecular flexibility index (Phi) is 3.93. The van der Waals surface area contributed by atoms with Crippen molar-refractivity contribution in [3.05, 3.63) is 0 Å². The van der Waals surface area contributed by atoms with Gasteiger partial charge in [0.05, 0.1) is 5.92 Å². The lowest BCUT2D eigenvalue weighted by Gasteiger charge is -2.34. The number of hydrogen-bond donors (Lipinski definition) is 1. The minimum absolute atomic E-state index is 0.0590. The minimum atomic E-state index is 0.0590. The molecule has 0 aliphatic heterocycles. The van der Waals surface area contributed by atoms with Crippen LogP contribution in [-0.2, 0) is 4.79 Å². The second kappa shape index (κ2) is 4.78. The first kappa shape index (κ1) is 11.5. The molecule has 3 atom stereocenters. The molecular formula is C11H22N2O. The van der Waals surface area contributed by atoms with Gasteiger partial charge in [0.2, 0.25) is 5.91 Å². The van der Waals surface area contributed by atoms with Crippen LogP contribution in [0.1, 0.15) is 33.1 Å². The molecule has 0 bridgehead atoms. The Labute approximate surface area is 86.6 Å². The van der Waals surface area contributed by atoms with Crippen molar-refractivity contribution >= 4 is 5.91 Å². The van der Waals surface area contributed by atoms with E-state index in [1.165, 1.54) is 6.42 Å². The molecule has 1 amide bonds. The van der Waals surface area contributed by atoms with E-state index >= 15 is 0 Å². The number of carbonyl (C=O) groups is 1. The zero-order valence-corrected chi connectivity index (χ0v) is 9.49. The maximum absolute atomic E-state index is 11.9. The van der Waals surface area contributed by atoms with E-state index in [1.54, 1.807) is 4.90 Å². The number of nitrogens with zero attached hydrogens (tertiary/aromatic N) is 1. The molecule has 3 unspecified atom stereocenters. The average Bonchev–Trinajstić information content (AvgIpc) is 2.20. The molecule has 0 heterocycles. The molecule has 1 aliphatic rings. The molecule has 0 saturated heterocycles. The monoisotopic (exact) mass is 198 g/mol. The highest BCUT2D eigenvalue weighted by molar-refractivity contribution is 5.79. The minimum Gasteiger partial charge on any atom is -0.346 e. The van der Waals surface area contributed by atoms with Gasteiger partial charge in [-0.05, 0) is 25.7 Å². The van der Waals surface area contributed by atoms with Crippen LogP contribution in [0.5, 0.6) is 0 Å². The summed E-state index contributed by atoms with van der Waals surface area (Å²) in [5.74, 6) is 0.776. The molecule has 14 heavy (non-hydrogen) atoms. The number of hydrogen-bond acceptors (Lipinski definition) is 2. The molecule has 2 N–H and O–H groups in total. The zero-order valence-electron chi connectivity index (χ0n) is 9.49. The van der Waals surface area contributed by atoms with E-state index in [1.807, 2.05) is 14.0 Å². The Bertz CT molecular complexity index is 205. The highest BCUT2D eigenvalue weighted by atomic mass is 16.2. The van der Waals surface area contributed by atoms with Gasteiger partial charge < -0.3 is 10.6 Å². The number of carbonyl (C=O) groups excluding carboxylic acids is 1. The van der Waals surface area contributed by atoms with Crippen LogP contribution in [0, 0.1) is 11.8 Å². The van der Waals surface area contributed by atoms with E-state index in [4.69, 9.17) is 5.73 Å². The summed E-state index contributed by atoms with van der Waals surface area (Å²) in [6.07, 6.45) is 3.28. The topological polar surface area (TPSA) is 46.3 Å². The van der Waals surface area contributed by atoms with Gasteiger partial charge in [-0.25, -0.2) is 0 Å². The quantitative estimate of drug-likeness (QED) is 0.725. The van der Waals surface area contributed by atoms with Gasteiger partial charge in [0.25, 0.3) is 0 Å². The lowest BCUT2D eigenvalue weighted by molar-refractivity contribution is -0.136. The average molecular weight is 198 g/mol. The van der Waals surface area contributed by atoms with E-state index in [0.717, 1.165) is 19.4 Å². The summed E-state index contributed by atoms with van der Waals surface area (Å²) >= 11 is 0. The van der Waals surface area contributed by atoms with Gasteiger partial charge in [-0.3, -0.25) is 4.79 Å². The molecule has 1 fully saturated rings. The van der Waals surface area contributed by atoms with Gasteiger partial charge in [-0.1, -0.05) is 13.3 Å². The van der Waals surface area contributed by atoms with E-state index < -0.39 is 0 Å². The first-order valence-corrected chi connectivity index (χ1v) is 5.58. The highest BCUT2D eigenvalue weighted by Gasteiger charge is 2.33. The van der Waals surface area contributed by atoms with E-state index in [0.29, 0.717) is 5.92 Å². The Morgan fingerprint density at radius 3 is 2.71 bits per heavy atom. The maximum atomic E-state index is 11.9. The summed E-state index contributed by atoms with van der Waals surface area (Å²) in [5, 5.41) is 0. The van der Waals surface area contributed by atoms with Crippen LogP contribution in [0.3, 0.4) is 0 Å². The van der Waals surface area contributed by atoms with E-state index in [2.05, 4.69) is 6.92 Å². The fourth-order valence-corrected chi connectivity index (χ4v) is 2.17. The van der Waals surface area contributed by atoms with Gasteiger partial charge in [0.1, 0.15) is 0 Å². The Hall–Kier alpha value is -0.570. The Morgan fingerprint density at radius 1 is 1.50 bits per heavy atom. The summed E-state index contributed by atoms with van der Waals surface area (Å²) in [7, 11) is 1.86. The van der Waals surface area contributed by atoms with Gasteiger partial charge in [-0.2, -0.15) is 0 Å². The van der Waals surface area contributed by atoms with Crippen molar-refractivity contribution in [1.82, 2.24) is 4.90 Å². The molecule has 1 aliphatic carbocycles. The highest BCUT2D eigenvalue weighted by Crippen LogP contribution is 2.28.